The number of carbonyl (C=O) groups excluding carboxylic acids is 1. The minimum atomic E-state index is -0.325. The summed E-state index contributed by atoms with van der Waals surface area (Å²) in [7, 11) is 1.57. The highest BCUT2D eigenvalue weighted by atomic mass is 16.5. The largest absolute Gasteiger partial charge is 0.493 e. The molecule has 34 heavy (non-hydrogen) atoms. The Bertz CT molecular complexity index is 1420. The first-order chi connectivity index (χ1) is 16.6. The highest BCUT2D eigenvalue weighted by molar-refractivity contribution is 6.08. The van der Waals surface area contributed by atoms with Gasteiger partial charge in [0.25, 0.3) is 5.91 Å². The summed E-state index contributed by atoms with van der Waals surface area (Å²) in [4.78, 5) is 17.7. The number of imidazole rings is 1. The van der Waals surface area contributed by atoms with Crippen LogP contribution in [0.4, 0.5) is 5.69 Å². The Labute approximate surface area is 195 Å². The second-order valence-electron chi connectivity index (χ2n) is 7.64. The van der Waals surface area contributed by atoms with E-state index in [2.05, 4.69) is 15.5 Å². The summed E-state index contributed by atoms with van der Waals surface area (Å²) in [5.41, 5.74) is 3.84. The molecule has 8 nitrogen and oxygen atoms in total. The van der Waals surface area contributed by atoms with Crippen LogP contribution in [0.5, 0.6) is 11.5 Å². The normalized spacial score (nSPS) is 10.9. The van der Waals surface area contributed by atoms with Crippen molar-refractivity contribution >= 4 is 17.2 Å². The van der Waals surface area contributed by atoms with Gasteiger partial charge in [-0.2, -0.15) is 0 Å². The Morgan fingerprint density at radius 3 is 2.68 bits per heavy atom. The van der Waals surface area contributed by atoms with Gasteiger partial charge >= 0.3 is 0 Å². The number of rotatable bonds is 7. The number of aromatic nitrogens is 3. The number of amides is 1. The molecule has 0 atom stereocenters. The Morgan fingerprint density at radius 2 is 1.88 bits per heavy atom. The first-order valence-corrected chi connectivity index (χ1v) is 10.7. The van der Waals surface area contributed by atoms with Crippen LogP contribution in [0.15, 0.2) is 83.6 Å². The maximum atomic E-state index is 13.1. The molecule has 5 rings (SSSR count). The fourth-order valence-electron chi connectivity index (χ4n) is 3.70. The molecule has 0 spiro atoms. The van der Waals surface area contributed by atoms with Crippen molar-refractivity contribution in [2.45, 2.75) is 13.5 Å². The Kier molecular flexibility index (Phi) is 5.70. The Balaban J connectivity index is 1.36. The van der Waals surface area contributed by atoms with Gasteiger partial charge in [-0.1, -0.05) is 41.6 Å². The molecule has 0 fully saturated rings. The van der Waals surface area contributed by atoms with Crippen LogP contribution < -0.4 is 14.8 Å². The minimum Gasteiger partial charge on any atom is -0.493 e. The molecular weight excluding hydrogens is 432 g/mol. The van der Waals surface area contributed by atoms with Gasteiger partial charge in [-0.3, -0.25) is 4.79 Å². The number of anilines is 1. The van der Waals surface area contributed by atoms with E-state index in [1.807, 2.05) is 65.3 Å². The first-order valence-electron chi connectivity index (χ1n) is 10.7. The predicted molar refractivity (Wildman–Crippen MR) is 127 cm³/mol. The van der Waals surface area contributed by atoms with Gasteiger partial charge < -0.3 is 23.7 Å². The van der Waals surface area contributed by atoms with Crippen molar-refractivity contribution in [1.29, 1.82) is 0 Å². The van der Waals surface area contributed by atoms with Crippen molar-refractivity contribution in [2.75, 3.05) is 12.4 Å². The molecule has 0 aliphatic heterocycles. The van der Waals surface area contributed by atoms with Gasteiger partial charge in [0, 0.05) is 29.7 Å². The van der Waals surface area contributed by atoms with Crippen LogP contribution in [0.25, 0.3) is 16.9 Å². The topological polar surface area (TPSA) is 90.9 Å². The molecule has 2 aromatic carbocycles. The summed E-state index contributed by atoms with van der Waals surface area (Å²) < 4.78 is 18.7. The molecule has 5 aromatic rings. The molecule has 0 bridgehead atoms. The van der Waals surface area contributed by atoms with E-state index in [4.69, 9.17) is 14.0 Å². The third kappa shape index (κ3) is 4.21. The molecule has 1 N–H and O–H groups in total. The molecule has 3 aromatic heterocycles. The predicted octanol–water partition coefficient (Wildman–Crippen LogP) is 5.14. The van der Waals surface area contributed by atoms with Gasteiger partial charge in [0.2, 0.25) is 0 Å². The fourth-order valence-corrected chi connectivity index (χ4v) is 3.70. The number of benzene rings is 2. The average molecular weight is 454 g/mol. The smallest absolute Gasteiger partial charge is 0.261 e. The monoisotopic (exact) mass is 454 g/mol. The number of ether oxygens (including phenoxy) is 2. The SMILES string of the molecule is COc1ccc(NC(=O)c2c(-c3ccccc3)noc2C)cc1OCc1cn2ccccc2n1. The third-order valence-corrected chi connectivity index (χ3v) is 5.35. The maximum Gasteiger partial charge on any atom is 0.261 e. The van der Waals surface area contributed by atoms with Crippen LogP contribution >= 0.6 is 0 Å². The lowest BCUT2D eigenvalue weighted by atomic mass is 10.1. The van der Waals surface area contributed by atoms with Crippen LogP contribution in [-0.2, 0) is 6.61 Å². The Morgan fingerprint density at radius 1 is 1.06 bits per heavy atom. The van der Waals surface area contributed by atoms with Crippen molar-refractivity contribution in [1.82, 2.24) is 14.5 Å². The van der Waals surface area contributed by atoms with E-state index in [-0.39, 0.29) is 12.5 Å². The summed E-state index contributed by atoms with van der Waals surface area (Å²) in [5, 5.41) is 7.00. The highest BCUT2D eigenvalue weighted by Crippen LogP contribution is 2.32. The van der Waals surface area contributed by atoms with Gasteiger partial charge in [0.1, 0.15) is 29.3 Å². The molecule has 8 heteroatoms. The molecule has 0 saturated heterocycles. The number of methoxy groups -OCH3 is 1. The molecule has 3 heterocycles. The summed E-state index contributed by atoms with van der Waals surface area (Å²) >= 11 is 0. The van der Waals surface area contributed by atoms with Crippen LogP contribution in [0.1, 0.15) is 21.8 Å². The van der Waals surface area contributed by atoms with Gasteiger partial charge in [-0.05, 0) is 31.2 Å². The number of aryl methyl sites for hydroxylation is 1. The van der Waals surface area contributed by atoms with Crippen LogP contribution in [0.2, 0.25) is 0 Å². The van der Waals surface area contributed by atoms with Gasteiger partial charge in [-0.15, -0.1) is 0 Å². The second kappa shape index (κ2) is 9.11. The van der Waals surface area contributed by atoms with Crippen molar-refractivity contribution in [3.05, 3.63) is 96.1 Å². The lowest BCUT2D eigenvalue weighted by Gasteiger charge is -2.12. The van der Waals surface area contributed by atoms with Crippen molar-refractivity contribution < 1.29 is 18.8 Å². The molecule has 0 aliphatic carbocycles. The molecule has 170 valence electrons. The number of nitrogens with zero attached hydrogens (tertiary/aromatic N) is 3. The quantitative estimate of drug-likeness (QED) is 0.366. The molecule has 0 unspecified atom stereocenters. The summed E-state index contributed by atoms with van der Waals surface area (Å²) in [6.07, 6.45) is 3.84. The van der Waals surface area contributed by atoms with E-state index in [0.29, 0.717) is 34.2 Å². The lowest BCUT2D eigenvalue weighted by molar-refractivity contribution is 0.102. The summed E-state index contributed by atoms with van der Waals surface area (Å²) in [5.74, 6) is 1.15. The summed E-state index contributed by atoms with van der Waals surface area (Å²) in [6, 6.07) is 20.5. The minimum absolute atomic E-state index is 0.248. The van der Waals surface area contributed by atoms with Crippen LogP contribution in [-0.4, -0.2) is 27.6 Å². The van der Waals surface area contributed by atoms with Crippen molar-refractivity contribution in [2.24, 2.45) is 0 Å². The van der Waals surface area contributed by atoms with E-state index >= 15 is 0 Å². The van der Waals surface area contributed by atoms with E-state index in [9.17, 15) is 4.79 Å². The van der Waals surface area contributed by atoms with E-state index in [0.717, 1.165) is 16.9 Å². The van der Waals surface area contributed by atoms with Crippen molar-refractivity contribution in [3.8, 4) is 22.8 Å². The van der Waals surface area contributed by atoms with Crippen molar-refractivity contribution in [3.63, 3.8) is 0 Å². The van der Waals surface area contributed by atoms with Gasteiger partial charge in [-0.25, -0.2) is 4.98 Å². The second-order valence-corrected chi connectivity index (χ2v) is 7.64. The molecule has 1 amide bonds. The number of hydrogen-bond donors (Lipinski definition) is 1. The maximum absolute atomic E-state index is 13.1. The zero-order valence-electron chi connectivity index (χ0n) is 18.7. The van der Waals surface area contributed by atoms with Crippen LogP contribution in [0, 0.1) is 6.92 Å². The lowest BCUT2D eigenvalue weighted by Crippen LogP contribution is -2.13. The zero-order chi connectivity index (χ0) is 23.5. The number of fused-ring (bicyclic) bond motifs is 1. The van der Waals surface area contributed by atoms with E-state index in [1.165, 1.54) is 0 Å². The Hall–Kier alpha value is -4.59. The molecule has 0 saturated carbocycles. The highest BCUT2D eigenvalue weighted by Gasteiger charge is 2.22. The molecular formula is C26H22N4O4. The average Bonchev–Trinajstić information content (AvgIpc) is 3.46. The molecule has 0 aliphatic rings. The van der Waals surface area contributed by atoms with Gasteiger partial charge in [0.05, 0.1) is 12.8 Å². The fraction of sp³-hybridized carbons (Fsp3) is 0.115. The first kappa shape index (κ1) is 21.3. The summed E-state index contributed by atoms with van der Waals surface area (Å²) in [6.45, 7) is 1.96. The van der Waals surface area contributed by atoms with E-state index < -0.39 is 0 Å². The number of hydrogen-bond acceptors (Lipinski definition) is 6. The zero-order valence-corrected chi connectivity index (χ0v) is 18.7. The third-order valence-electron chi connectivity index (χ3n) is 5.35. The molecule has 0 radical (unpaired) electrons. The van der Waals surface area contributed by atoms with E-state index in [1.54, 1.807) is 32.2 Å². The van der Waals surface area contributed by atoms with Crippen LogP contribution in [0.3, 0.4) is 0 Å². The number of carbonyl (C=O) groups is 1. The van der Waals surface area contributed by atoms with Gasteiger partial charge in [0.15, 0.2) is 11.5 Å². The standard InChI is InChI=1S/C26H22N4O4/c1-17-24(25(29-34-17)18-8-4-3-5-9-18)26(31)28-19-11-12-21(32-2)22(14-19)33-16-20-15-30-13-7-6-10-23(30)27-20/h3-15H,16H2,1-2H3,(H,28,31). The number of pyridine rings is 1. The number of nitrogens with one attached hydrogen (secondary N) is 1.